The lowest BCUT2D eigenvalue weighted by molar-refractivity contribution is -0.384. The summed E-state index contributed by atoms with van der Waals surface area (Å²) in [5.41, 5.74) is 4.21. The maximum atomic E-state index is 13.2. The van der Waals surface area contributed by atoms with Gasteiger partial charge in [-0.2, -0.15) is 5.10 Å². The predicted molar refractivity (Wildman–Crippen MR) is 109 cm³/mol. The average Bonchev–Trinajstić information content (AvgIpc) is 3.13. The highest BCUT2D eigenvalue weighted by atomic mass is 16.6. The summed E-state index contributed by atoms with van der Waals surface area (Å²) in [7, 11) is 0. The summed E-state index contributed by atoms with van der Waals surface area (Å²) in [6, 6.07) is 10.3. The van der Waals surface area contributed by atoms with Crippen molar-refractivity contribution in [1.82, 2.24) is 0 Å². The van der Waals surface area contributed by atoms with Crippen molar-refractivity contribution in [3.8, 4) is 0 Å². The minimum Gasteiger partial charge on any atom is -0.306 e. The normalized spacial score (nSPS) is 15.9. The number of nitro benzene ring substituents is 1. The summed E-state index contributed by atoms with van der Waals surface area (Å²) in [5, 5.41) is 16.8. The molecule has 4 rings (SSSR count). The van der Waals surface area contributed by atoms with E-state index in [2.05, 4.69) is 5.10 Å². The van der Waals surface area contributed by atoms with E-state index in [0.717, 1.165) is 16.7 Å². The van der Waals surface area contributed by atoms with Crippen molar-refractivity contribution in [2.24, 2.45) is 5.10 Å². The van der Waals surface area contributed by atoms with E-state index < -0.39 is 4.92 Å². The Morgan fingerprint density at radius 3 is 2.62 bits per heavy atom. The maximum absolute atomic E-state index is 13.2. The summed E-state index contributed by atoms with van der Waals surface area (Å²) >= 11 is 0. The van der Waals surface area contributed by atoms with Gasteiger partial charge in [-0.1, -0.05) is 18.2 Å². The summed E-state index contributed by atoms with van der Waals surface area (Å²) in [6.45, 7) is 4.26. The smallest absolute Gasteiger partial charge is 0.274 e. The zero-order chi connectivity index (χ0) is 20.7. The van der Waals surface area contributed by atoms with Crippen molar-refractivity contribution < 1.29 is 14.5 Å². The number of nitro groups is 1. The van der Waals surface area contributed by atoms with Crippen LogP contribution >= 0.6 is 0 Å². The van der Waals surface area contributed by atoms with Gasteiger partial charge < -0.3 is 4.90 Å². The monoisotopic (exact) mass is 392 g/mol. The van der Waals surface area contributed by atoms with Gasteiger partial charge in [0.2, 0.25) is 5.91 Å². The Labute approximate surface area is 167 Å². The molecule has 2 heterocycles. The molecule has 8 nitrogen and oxygen atoms in total. The van der Waals surface area contributed by atoms with Crippen molar-refractivity contribution in [1.29, 1.82) is 0 Å². The fourth-order valence-electron chi connectivity index (χ4n) is 3.69. The van der Waals surface area contributed by atoms with Crippen LogP contribution in [0, 0.1) is 24.0 Å². The largest absolute Gasteiger partial charge is 0.306 e. The van der Waals surface area contributed by atoms with Crippen LogP contribution in [0.1, 0.15) is 29.5 Å². The van der Waals surface area contributed by atoms with Gasteiger partial charge in [-0.15, -0.1) is 0 Å². The molecule has 0 atom stereocenters. The van der Waals surface area contributed by atoms with Gasteiger partial charge in [0.25, 0.3) is 11.6 Å². The molecule has 2 aliphatic rings. The Kier molecular flexibility index (Phi) is 4.62. The Balaban J connectivity index is 1.68. The Bertz CT molecular complexity index is 1080. The number of hydrogen-bond donors (Lipinski definition) is 0. The highest BCUT2D eigenvalue weighted by Crippen LogP contribution is 2.33. The molecule has 0 N–H and O–H groups in total. The molecule has 0 spiro atoms. The van der Waals surface area contributed by atoms with Crippen molar-refractivity contribution in [3.63, 3.8) is 0 Å². The second-order valence-electron chi connectivity index (χ2n) is 7.32. The van der Waals surface area contributed by atoms with E-state index in [9.17, 15) is 19.7 Å². The van der Waals surface area contributed by atoms with Crippen LogP contribution in [0.4, 0.5) is 17.1 Å². The zero-order valence-electron chi connectivity index (χ0n) is 16.2. The molecule has 0 fully saturated rings. The molecule has 0 radical (unpaired) electrons. The molecule has 148 valence electrons. The van der Waals surface area contributed by atoms with Gasteiger partial charge in [-0.25, -0.2) is 5.01 Å². The van der Waals surface area contributed by atoms with Gasteiger partial charge in [-0.3, -0.25) is 19.7 Å². The minimum absolute atomic E-state index is 0.0544. The summed E-state index contributed by atoms with van der Waals surface area (Å²) in [5.74, 6) is -0.472. The van der Waals surface area contributed by atoms with E-state index in [1.54, 1.807) is 6.07 Å². The molecule has 0 unspecified atom stereocenters. The molecular formula is C21H20N4O4. The van der Waals surface area contributed by atoms with Crippen LogP contribution in [0.3, 0.4) is 0 Å². The van der Waals surface area contributed by atoms with Gasteiger partial charge in [0.15, 0.2) is 0 Å². The van der Waals surface area contributed by atoms with E-state index in [1.807, 2.05) is 32.0 Å². The van der Waals surface area contributed by atoms with Crippen LogP contribution in [-0.4, -0.2) is 29.0 Å². The standard InChI is InChI=1S/C21H20N4O4/c1-13-3-4-14(2)18(11-13)24-20(26)8-7-17(22-24)21(27)23-10-9-15-5-6-16(25(28)29)12-19(15)23/h3-6,11-12H,7-10H2,1-2H3. The first kappa shape index (κ1) is 18.8. The molecule has 2 aliphatic heterocycles. The minimum atomic E-state index is -0.472. The van der Waals surface area contributed by atoms with Gasteiger partial charge >= 0.3 is 0 Å². The third-order valence-corrected chi connectivity index (χ3v) is 5.29. The Morgan fingerprint density at radius 2 is 1.86 bits per heavy atom. The molecule has 29 heavy (non-hydrogen) atoms. The number of carbonyl (C=O) groups is 2. The van der Waals surface area contributed by atoms with Gasteiger partial charge in [-0.05, 0) is 43.0 Å². The number of rotatable bonds is 3. The number of carbonyl (C=O) groups excluding carboxylic acids is 2. The summed E-state index contributed by atoms with van der Waals surface area (Å²) < 4.78 is 0. The van der Waals surface area contributed by atoms with Crippen molar-refractivity contribution >= 4 is 34.6 Å². The Morgan fingerprint density at radius 1 is 1.07 bits per heavy atom. The molecule has 0 aliphatic carbocycles. The third kappa shape index (κ3) is 3.37. The highest BCUT2D eigenvalue weighted by molar-refractivity contribution is 6.45. The van der Waals surface area contributed by atoms with Crippen molar-refractivity contribution in [2.45, 2.75) is 33.1 Å². The van der Waals surface area contributed by atoms with Crippen molar-refractivity contribution in [3.05, 3.63) is 63.2 Å². The first-order chi connectivity index (χ1) is 13.8. The zero-order valence-corrected chi connectivity index (χ0v) is 16.2. The number of hydrogen-bond acceptors (Lipinski definition) is 5. The molecule has 0 saturated carbocycles. The number of aryl methyl sites for hydroxylation is 2. The number of hydrazone groups is 1. The lowest BCUT2D eigenvalue weighted by Crippen LogP contribution is -2.41. The van der Waals surface area contributed by atoms with E-state index in [-0.39, 0.29) is 36.1 Å². The fourth-order valence-corrected chi connectivity index (χ4v) is 3.69. The highest BCUT2D eigenvalue weighted by Gasteiger charge is 2.33. The molecule has 0 saturated heterocycles. The van der Waals surface area contributed by atoms with E-state index in [4.69, 9.17) is 0 Å². The van der Waals surface area contributed by atoms with Crippen LogP contribution < -0.4 is 9.91 Å². The van der Waals surface area contributed by atoms with Crippen LogP contribution in [-0.2, 0) is 16.0 Å². The van der Waals surface area contributed by atoms with E-state index in [0.29, 0.717) is 24.3 Å². The molecule has 0 aromatic heterocycles. The lowest BCUT2D eigenvalue weighted by Gasteiger charge is -2.26. The Hall–Kier alpha value is -3.55. The quantitative estimate of drug-likeness (QED) is 0.591. The molecule has 2 aromatic carbocycles. The molecular weight excluding hydrogens is 372 g/mol. The molecule has 0 bridgehead atoms. The second-order valence-corrected chi connectivity index (χ2v) is 7.32. The SMILES string of the molecule is Cc1ccc(C)c(N2N=C(C(=O)N3CCc4ccc([N+](=O)[O-])cc43)CCC2=O)c1. The third-order valence-electron chi connectivity index (χ3n) is 5.29. The molecule has 8 heteroatoms. The molecule has 2 aromatic rings. The number of anilines is 2. The fraction of sp³-hybridized carbons (Fsp3) is 0.286. The topological polar surface area (TPSA) is 96.1 Å². The number of non-ortho nitro benzene ring substituents is 1. The lowest BCUT2D eigenvalue weighted by atomic mass is 10.1. The summed E-state index contributed by atoms with van der Waals surface area (Å²) in [4.78, 5) is 37.8. The number of benzene rings is 2. The maximum Gasteiger partial charge on any atom is 0.274 e. The van der Waals surface area contributed by atoms with E-state index >= 15 is 0 Å². The van der Waals surface area contributed by atoms with Gasteiger partial charge in [0, 0.05) is 31.5 Å². The van der Waals surface area contributed by atoms with E-state index in [1.165, 1.54) is 22.0 Å². The van der Waals surface area contributed by atoms with Crippen LogP contribution in [0.2, 0.25) is 0 Å². The van der Waals surface area contributed by atoms with Crippen molar-refractivity contribution in [2.75, 3.05) is 16.5 Å². The van der Waals surface area contributed by atoms with Crippen LogP contribution in [0.15, 0.2) is 41.5 Å². The molecule has 2 amide bonds. The number of fused-ring (bicyclic) bond motifs is 1. The predicted octanol–water partition coefficient (Wildman–Crippen LogP) is 3.28. The second kappa shape index (κ2) is 7.12. The summed E-state index contributed by atoms with van der Waals surface area (Å²) in [6.07, 6.45) is 1.07. The van der Waals surface area contributed by atoms with Gasteiger partial charge in [0.05, 0.1) is 16.3 Å². The van der Waals surface area contributed by atoms with Crippen LogP contribution in [0.5, 0.6) is 0 Å². The number of amides is 2. The van der Waals surface area contributed by atoms with Crippen LogP contribution in [0.25, 0.3) is 0 Å². The number of nitrogens with zero attached hydrogens (tertiary/aromatic N) is 4. The average molecular weight is 392 g/mol. The first-order valence-corrected chi connectivity index (χ1v) is 9.42. The first-order valence-electron chi connectivity index (χ1n) is 9.42. The van der Waals surface area contributed by atoms with Gasteiger partial charge in [0.1, 0.15) is 5.71 Å².